The van der Waals surface area contributed by atoms with Gasteiger partial charge in [0.25, 0.3) is 0 Å². The number of nitrogens with one attached hydrogen (secondary N) is 2. The molecule has 1 aromatic heterocycles. The highest BCUT2D eigenvalue weighted by atomic mass is 127. The summed E-state index contributed by atoms with van der Waals surface area (Å²) < 4.78 is 28.0. The summed E-state index contributed by atoms with van der Waals surface area (Å²) >= 11 is 1.15. The van der Waals surface area contributed by atoms with Gasteiger partial charge in [-0.05, 0) is 42.2 Å². The van der Waals surface area contributed by atoms with Crippen LogP contribution in [0.1, 0.15) is 29.7 Å². The zero-order valence-electron chi connectivity index (χ0n) is 16.1. The molecule has 0 aliphatic rings. The molecule has 0 saturated heterocycles. The number of thiophene rings is 1. The fourth-order valence-electron chi connectivity index (χ4n) is 2.50. The van der Waals surface area contributed by atoms with Crippen LogP contribution in [0, 0.1) is 0 Å². The molecular formula is C18H27IN4O3S2. The summed E-state index contributed by atoms with van der Waals surface area (Å²) in [5, 5.41) is 11.6. The molecule has 0 aliphatic heterocycles. The lowest BCUT2D eigenvalue weighted by molar-refractivity contribution is 0.414. The number of sulfonamides is 1. The van der Waals surface area contributed by atoms with Gasteiger partial charge in [-0.1, -0.05) is 19.1 Å². The molecule has 0 bridgehead atoms. The Labute approximate surface area is 187 Å². The Morgan fingerprint density at radius 3 is 2.43 bits per heavy atom. The molecule has 7 nitrogen and oxygen atoms in total. The van der Waals surface area contributed by atoms with Gasteiger partial charge in [-0.15, -0.1) is 35.3 Å². The van der Waals surface area contributed by atoms with Gasteiger partial charge in [0.15, 0.2) is 5.96 Å². The smallest absolute Gasteiger partial charge is 0.247 e. The summed E-state index contributed by atoms with van der Waals surface area (Å²) in [5.41, 5.74) is 1.26. The van der Waals surface area contributed by atoms with E-state index in [-0.39, 0.29) is 28.2 Å². The average Bonchev–Trinajstić information content (AvgIpc) is 3.14. The molecule has 1 atom stereocenters. The Hall–Kier alpha value is -1.37. The molecule has 4 N–H and O–H groups in total. The number of rotatable bonds is 8. The van der Waals surface area contributed by atoms with Crippen LogP contribution in [0.2, 0.25) is 0 Å². The standard InChI is InChI=1S/C18H26N4O3S2.HI/c1-13(14-4-6-15(25-3)7-5-14)10-11-21-18(20-2)22-12-16-8-9-17(26-16)27(19,23)24;/h4-9,13H,10-12H2,1-3H3,(H2,19,23,24)(H2,20,21,22);1H. The second kappa shape index (κ2) is 11.6. The number of aliphatic imine (C=N–C) groups is 1. The molecule has 10 heteroatoms. The van der Waals surface area contributed by atoms with E-state index in [0.29, 0.717) is 18.4 Å². The minimum Gasteiger partial charge on any atom is -0.497 e. The lowest BCUT2D eigenvalue weighted by atomic mass is 9.98. The number of halogens is 1. The molecule has 2 aromatic rings. The zero-order valence-corrected chi connectivity index (χ0v) is 20.1. The number of nitrogens with two attached hydrogens (primary N) is 1. The number of hydrogen-bond donors (Lipinski definition) is 3. The first-order chi connectivity index (χ1) is 12.8. The monoisotopic (exact) mass is 538 g/mol. The molecule has 0 aliphatic carbocycles. The first-order valence-corrected chi connectivity index (χ1v) is 10.9. The summed E-state index contributed by atoms with van der Waals surface area (Å²) in [7, 11) is -0.283. The van der Waals surface area contributed by atoms with E-state index in [2.05, 4.69) is 34.7 Å². The van der Waals surface area contributed by atoms with E-state index in [1.165, 1.54) is 11.6 Å². The maximum Gasteiger partial charge on any atom is 0.247 e. The predicted octanol–water partition coefficient (Wildman–Crippen LogP) is 2.88. The van der Waals surface area contributed by atoms with Crippen LogP contribution in [-0.4, -0.2) is 35.1 Å². The largest absolute Gasteiger partial charge is 0.497 e. The maximum absolute atomic E-state index is 11.3. The number of hydrogen-bond acceptors (Lipinski definition) is 5. The molecule has 1 heterocycles. The lowest BCUT2D eigenvalue weighted by Crippen LogP contribution is -2.37. The van der Waals surface area contributed by atoms with E-state index in [0.717, 1.165) is 34.9 Å². The predicted molar refractivity (Wildman–Crippen MR) is 125 cm³/mol. The summed E-state index contributed by atoms with van der Waals surface area (Å²) in [4.78, 5) is 5.06. The Bertz CT molecular complexity index is 867. The van der Waals surface area contributed by atoms with E-state index in [9.17, 15) is 8.42 Å². The van der Waals surface area contributed by atoms with Crippen molar-refractivity contribution in [1.82, 2.24) is 10.6 Å². The Kier molecular flexibility index (Phi) is 10.2. The highest BCUT2D eigenvalue weighted by Gasteiger charge is 2.11. The van der Waals surface area contributed by atoms with E-state index in [4.69, 9.17) is 9.88 Å². The van der Waals surface area contributed by atoms with Crippen molar-refractivity contribution in [2.24, 2.45) is 10.1 Å². The van der Waals surface area contributed by atoms with Gasteiger partial charge in [0.05, 0.1) is 13.7 Å². The number of primary sulfonamides is 1. The van der Waals surface area contributed by atoms with Crippen LogP contribution in [0.15, 0.2) is 45.6 Å². The van der Waals surface area contributed by atoms with E-state index in [1.54, 1.807) is 20.2 Å². The Morgan fingerprint density at radius 1 is 1.21 bits per heavy atom. The van der Waals surface area contributed by atoms with E-state index in [1.807, 2.05) is 12.1 Å². The molecule has 2 rings (SSSR count). The van der Waals surface area contributed by atoms with Crippen LogP contribution >= 0.6 is 35.3 Å². The maximum atomic E-state index is 11.3. The van der Waals surface area contributed by atoms with Crippen molar-refractivity contribution in [1.29, 1.82) is 0 Å². The minimum absolute atomic E-state index is 0. The molecule has 1 aromatic carbocycles. The van der Waals surface area contributed by atoms with E-state index >= 15 is 0 Å². The SMILES string of the molecule is CN=C(NCCC(C)c1ccc(OC)cc1)NCc1ccc(S(N)(=O)=O)s1.I. The first kappa shape index (κ1) is 24.7. The average molecular weight is 538 g/mol. The molecule has 0 amide bonds. The van der Waals surface area contributed by atoms with Gasteiger partial charge in [0.2, 0.25) is 10.0 Å². The van der Waals surface area contributed by atoms with Gasteiger partial charge >= 0.3 is 0 Å². The third-order valence-corrected chi connectivity index (χ3v) is 6.65. The zero-order chi connectivity index (χ0) is 19.9. The van der Waals surface area contributed by atoms with Crippen LogP contribution in [0.3, 0.4) is 0 Å². The van der Waals surface area contributed by atoms with Gasteiger partial charge in [-0.25, -0.2) is 13.6 Å². The second-order valence-electron chi connectivity index (χ2n) is 6.08. The summed E-state index contributed by atoms with van der Waals surface area (Å²) in [5.74, 6) is 1.92. The van der Waals surface area contributed by atoms with Crippen molar-refractivity contribution in [3.8, 4) is 5.75 Å². The number of methoxy groups -OCH3 is 1. The Morgan fingerprint density at radius 2 is 1.89 bits per heavy atom. The van der Waals surface area contributed by atoms with Crippen molar-refractivity contribution >= 4 is 51.3 Å². The summed E-state index contributed by atoms with van der Waals surface area (Å²) in [6, 6.07) is 11.4. The van der Waals surface area contributed by atoms with Crippen LogP contribution < -0.4 is 20.5 Å². The van der Waals surface area contributed by atoms with Crippen LogP contribution in [0.5, 0.6) is 5.75 Å². The quantitative estimate of drug-likeness (QED) is 0.272. The van der Waals surface area contributed by atoms with Crippen LogP contribution in [0.4, 0.5) is 0 Å². The molecular weight excluding hydrogens is 511 g/mol. The third kappa shape index (κ3) is 7.57. The lowest BCUT2D eigenvalue weighted by Gasteiger charge is -2.15. The van der Waals surface area contributed by atoms with Gasteiger partial charge in [-0.2, -0.15) is 0 Å². The van der Waals surface area contributed by atoms with Gasteiger partial charge in [-0.3, -0.25) is 4.99 Å². The van der Waals surface area contributed by atoms with Crippen LogP contribution in [-0.2, 0) is 16.6 Å². The number of benzene rings is 1. The fourth-order valence-corrected chi connectivity index (χ4v) is 4.22. The Balaban J connectivity index is 0.00000392. The van der Waals surface area contributed by atoms with Crippen LogP contribution in [0.25, 0.3) is 0 Å². The topological polar surface area (TPSA) is 106 Å². The van der Waals surface area contributed by atoms with Gasteiger partial charge in [0, 0.05) is 18.5 Å². The highest BCUT2D eigenvalue weighted by Crippen LogP contribution is 2.21. The summed E-state index contributed by atoms with van der Waals surface area (Å²) in [6.45, 7) is 3.42. The van der Waals surface area contributed by atoms with Gasteiger partial charge in [0.1, 0.15) is 9.96 Å². The number of nitrogens with zero attached hydrogens (tertiary/aromatic N) is 1. The first-order valence-electron chi connectivity index (χ1n) is 8.53. The molecule has 0 fully saturated rings. The van der Waals surface area contributed by atoms with Crippen molar-refractivity contribution < 1.29 is 13.2 Å². The molecule has 0 radical (unpaired) electrons. The molecule has 28 heavy (non-hydrogen) atoms. The van der Waals surface area contributed by atoms with Gasteiger partial charge < -0.3 is 15.4 Å². The highest BCUT2D eigenvalue weighted by molar-refractivity contribution is 14.0. The number of guanidine groups is 1. The molecule has 156 valence electrons. The van der Waals surface area contributed by atoms with Crippen molar-refractivity contribution in [2.75, 3.05) is 20.7 Å². The normalized spacial score (nSPS) is 12.8. The molecule has 1 unspecified atom stereocenters. The number of ether oxygens (including phenoxy) is 1. The molecule has 0 spiro atoms. The third-order valence-electron chi connectivity index (χ3n) is 4.13. The van der Waals surface area contributed by atoms with Crippen molar-refractivity contribution in [2.45, 2.75) is 30.0 Å². The van der Waals surface area contributed by atoms with Crippen molar-refractivity contribution in [3.05, 3.63) is 46.8 Å². The second-order valence-corrected chi connectivity index (χ2v) is 9.04. The van der Waals surface area contributed by atoms with E-state index < -0.39 is 10.0 Å². The summed E-state index contributed by atoms with van der Waals surface area (Å²) in [6.07, 6.45) is 0.946. The molecule has 0 saturated carbocycles. The van der Waals surface area contributed by atoms with Crippen molar-refractivity contribution in [3.63, 3.8) is 0 Å². The minimum atomic E-state index is -3.64. The fraction of sp³-hybridized carbons (Fsp3) is 0.389.